The third-order valence-corrected chi connectivity index (χ3v) is 7.95. The van der Waals surface area contributed by atoms with Crippen LogP contribution in [0.4, 0.5) is 9.59 Å². The van der Waals surface area contributed by atoms with Crippen LogP contribution in [0.2, 0.25) is 0 Å². The van der Waals surface area contributed by atoms with Crippen LogP contribution in [0.15, 0.2) is 40.3 Å². The van der Waals surface area contributed by atoms with Gasteiger partial charge in [-0.25, -0.2) is 22.7 Å². The number of carbonyl (C=O) groups excluding carboxylic acids is 3. The number of benzene rings is 1. The summed E-state index contributed by atoms with van der Waals surface area (Å²) in [5, 5.41) is 5.45. The number of hydrogen-bond acceptors (Lipinski definition) is 5. The largest absolute Gasteiger partial charge is 0.337 e. The lowest BCUT2D eigenvalue weighted by Crippen LogP contribution is -2.45. The number of rotatable bonds is 7. The summed E-state index contributed by atoms with van der Waals surface area (Å²) in [6.07, 6.45) is 4.47. The summed E-state index contributed by atoms with van der Waals surface area (Å²) in [6.45, 7) is 6.28. The molecule has 1 heterocycles. The number of carbonyl (C=O) groups is 3. The molecule has 186 valence electrons. The van der Waals surface area contributed by atoms with Gasteiger partial charge >= 0.3 is 12.1 Å². The standard InChI is InChI=1S/C24H34N4O5S/c1-4-20-17(3)15-28(22(20)29)24(31)25-14-13-18-7-5-6-8-21(18)34(32,33)27-23(30)26-19-11-9-16(2)10-12-19/h5-8,16,19H,4,9-15H2,1-3H3,(H,25,31)(H2,26,27,30). The van der Waals surface area contributed by atoms with Crippen LogP contribution in [0.5, 0.6) is 0 Å². The first-order valence-electron chi connectivity index (χ1n) is 11.8. The van der Waals surface area contributed by atoms with E-state index in [4.69, 9.17) is 0 Å². The Kier molecular flexibility index (Phi) is 8.35. The molecule has 10 heteroatoms. The number of urea groups is 2. The van der Waals surface area contributed by atoms with Crippen LogP contribution in [0.1, 0.15) is 58.4 Å². The highest BCUT2D eigenvalue weighted by molar-refractivity contribution is 7.90. The van der Waals surface area contributed by atoms with E-state index in [0.29, 0.717) is 23.5 Å². The number of sulfonamides is 1. The Morgan fingerprint density at radius 1 is 1.12 bits per heavy atom. The molecule has 5 amide bonds. The van der Waals surface area contributed by atoms with Crippen LogP contribution < -0.4 is 15.4 Å². The average Bonchev–Trinajstić information content (AvgIpc) is 3.08. The maximum absolute atomic E-state index is 12.9. The molecule has 1 aliphatic heterocycles. The first-order valence-corrected chi connectivity index (χ1v) is 13.3. The molecule has 0 bridgehead atoms. The van der Waals surface area contributed by atoms with Crippen LogP contribution in [-0.2, 0) is 21.2 Å². The van der Waals surface area contributed by atoms with Crippen molar-refractivity contribution >= 4 is 28.0 Å². The molecular formula is C24H34N4O5S. The van der Waals surface area contributed by atoms with Crippen molar-refractivity contribution < 1.29 is 22.8 Å². The third kappa shape index (κ3) is 6.16. The number of nitrogens with zero attached hydrogens (tertiary/aromatic N) is 1. The fraction of sp³-hybridized carbons (Fsp3) is 0.542. The van der Waals surface area contributed by atoms with Crippen molar-refractivity contribution in [3.63, 3.8) is 0 Å². The quantitative estimate of drug-likeness (QED) is 0.542. The van der Waals surface area contributed by atoms with Gasteiger partial charge < -0.3 is 10.6 Å². The zero-order valence-corrected chi connectivity index (χ0v) is 20.8. The van der Waals surface area contributed by atoms with Gasteiger partial charge in [0.15, 0.2) is 0 Å². The van der Waals surface area contributed by atoms with Gasteiger partial charge in [0, 0.05) is 18.2 Å². The summed E-state index contributed by atoms with van der Waals surface area (Å²) in [6, 6.07) is 5.09. The van der Waals surface area contributed by atoms with Crippen molar-refractivity contribution in [2.24, 2.45) is 5.92 Å². The molecule has 0 unspecified atom stereocenters. The van der Waals surface area contributed by atoms with Gasteiger partial charge in [0.25, 0.3) is 15.9 Å². The second-order valence-corrected chi connectivity index (χ2v) is 10.8. The Bertz CT molecular complexity index is 1070. The first-order chi connectivity index (χ1) is 16.1. The van der Waals surface area contributed by atoms with E-state index in [9.17, 15) is 22.8 Å². The number of hydrogen-bond donors (Lipinski definition) is 3. The normalized spacial score (nSPS) is 20.9. The Labute approximate surface area is 201 Å². The molecule has 3 N–H and O–H groups in total. The maximum Gasteiger partial charge on any atom is 0.328 e. The fourth-order valence-corrected chi connectivity index (χ4v) is 5.72. The Hall–Kier alpha value is -2.88. The molecule has 3 rings (SSSR count). The molecule has 0 radical (unpaired) electrons. The SMILES string of the molecule is CCC1=C(C)CN(C(=O)NCCc2ccccc2S(=O)(=O)NC(=O)NC2CCC(C)CC2)C1=O. The van der Waals surface area contributed by atoms with E-state index in [1.54, 1.807) is 18.2 Å². The second-order valence-electron chi connectivity index (χ2n) is 9.13. The zero-order valence-electron chi connectivity index (χ0n) is 20.0. The Balaban J connectivity index is 1.57. The van der Waals surface area contributed by atoms with Gasteiger partial charge in [-0.05, 0) is 68.6 Å². The fourth-order valence-electron chi connectivity index (χ4n) is 4.54. The van der Waals surface area contributed by atoms with Crippen molar-refractivity contribution in [2.45, 2.75) is 70.2 Å². The molecule has 1 aliphatic carbocycles. The Morgan fingerprint density at radius 2 is 1.79 bits per heavy atom. The van der Waals surface area contributed by atoms with Crippen LogP contribution in [0, 0.1) is 5.92 Å². The predicted molar refractivity (Wildman–Crippen MR) is 129 cm³/mol. The summed E-state index contributed by atoms with van der Waals surface area (Å²) in [5.74, 6) is 0.331. The topological polar surface area (TPSA) is 125 Å². The summed E-state index contributed by atoms with van der Waals surface area (Å²) < 4.78 is 27.9. The lowest BCUT2D eigenvalue weighted by molar-refractivity contribution is -0.123. The van der Waals surface area contributed by atoms with Crippen molar-refractivity contribution in [2.75, 3.05) is 13.1 Å². The molecule has 2 aliphatic rings. The molecule has 0 saturated heterocycles. The van der Waals surface area contributed by atoms with Crippen molar-refractivity contribution in [3.8, 4) is 0 Å². The van der Waals surface area contributed by atoms with Gasteiger partial charge in [0.05, 0.1) is 11.4 Å². The Morgan fingerprint density at radius 3 is 2.44 bits per heavy atom. The highest BCUT2D eigenvalue weighted by Gasteiger charge is 2.31. The van der Waals surface area contributed by atoms with Crippen LogP contribution in [0.3, 0.4) is 0 Å². The number of nitrogens with one attached hydrogen (secondary N) is 3. The van der Waals surface area contributed by atoms with E-state index in [1.807, 2.05) is 13.8 Å². The third-order valence-electron chi connectivity index (χ3n) is 6.52. The molecule has 34 heavy (non-hydrogen) atoms. The minimum Gasteiger partial charge on any atom is -0.337 e. The van der Waals surface area contributed by atoms with E-state index in [1.165, 1.54) is 6.07 Å². The number of amides is 5. The molecule has 1 saturated carbocycles. The summed E-state index contributed by atoms with van der Waals surface area (Å²) >= 11 is 0. The average molecular weight is 491 g/mol. The lowest BCUT2D eigenvalue weighted by Gasteiger charge is -2.26. The molecule has 1 fully saturated rings. The molecule has 0 spiro atoms. The smallest absolute Gasteiger partial charge is 0.328 e. The number of imide groups is 1. The summed E-state index contributed by atoms with van der Waals surface area (Å²) in [7, 11) is -4.09. The first kappa shape index (κ1) is 25.7. The van der Waals surface area contributed by atoms with Gasteiger partial charge in [-0.2, -0.15) is 0 Å². The van der Waals surface area contributed by atoms with E-state index >= 15 is 0 Å². The van der Waals surface area contributed by atoms with Crippen LogP contribution >= 0.6 is 0 Å². The second kappa shape index (κ2) is 11.0. The predicted octanol–water partition coefficient (Wildman–Crippen LogP) is 3.07. The summed E-state index contributed by atoms with van der Waals surface area (Å²) in [5.41, 5.74) is 2.00. The minimum atomic E-state index is -4.09. The molecule has 9 nitrogen and oxygen atoms in total. The zero-order chi connectivity index (χ0) is 24.9. The van der Waals surface area contributed by atoms with E-state index in [0.717, 1.165) is 36.2 Å². The van der Waals surface area contributed by atoms with Gasteiger partial charge in [-0.15, -0.1) is 0 Å². The van der Waals surface area contributed by atoms with Crippen molar-refractivity contribution in [3.05, 3.63) is 41.0 Å². The maximum atomic E-state index is 12.9. The highest BCUT2D eigenvalue weighted by Crippen LogP contribution is 2.24. The van der Waals surface area contributed by atoms with Crippen molar-refractivity contribution in [1.29, 1.82) is 0 Å². The van der Waals surface area contributed by atoms with Gasteiger partial charge in [-0.1, -0.05) is 32.0 Å². The van der Waals surface area contributed by atoms with Gasteiger partial charge in [0.1, 0.15) is 0 Å². The molecule has 0 atom stereocenters. The highest BCUT2D eigenvalue weighted by atomic mass is 32.2. The van der Waals surface area contributed by atoms with E-state index < -0.39 is 22.1 Å². The van der Waals surface area contributed by atoms with E-state index in [2.05, 4.69) is 22.3 Å². The molecule has 1 aromatic carbocycles. The van der Waals surface area contributed by atoms with Crippen LogP contribution in [-0.4, -0.2) is 50.4 Å². The molecular weight excluding hydrogens is 456 g/mol. The minimum absolute atomic E-state index is 0.0142. The molecule has 1 aromatic rings. The van der Waals surface area contributed by atoms with Crippen LogP contribution in [0.25, 0.3) is 0 Å². The van der Waals surface area contributed by atoms with Crippen molar-refractivity contribution in [1.82, 2.24) is 20.3 Å². The van der Waals surface area contributed by atoms with Gasteiger partial charge in [-0.3, -0.25) is 9.69 Å². The van der Waals surface area contributed by atoms with Gasteiger partial charge in [0.2, 0.25) is 0 Å². The molecule has 0 aromatic heterocycles. The lowest BCUT2D eigenvalue weighted by atomic mass is 9.87. The van der Waals surface area contributed by atoms with E-state index in [-0.39, 0.29) is 36.4 Å². The summed E-state index contributed by atoms with van der Waals surface area (Å²) in [4.78, 5) is 38.3. The monoisotopic (exact) mass is 490 g/mol.